The van der Waals surface area contributed by atoms with Gasteiger partial charge in [0.25, 0.3) is 5.91 Å². The van der Waals surface area contributed by atoms with Gasteiger partial charge >= 0.3 is 0 Å². The topological polar surface area (TPSA) is 92.3 Å². The Morgan fingerprint density at radius 1 is 1.20 bits per heavy atom. The summed E-state index contributed by atoms with van der Waals surface area (Å²) in [6.07, 6.45) is 1.17. The number of nitriles is 1. The van der Waals surface area contributed by atoms with Crippen molar-refractivity contribution in [1.29, 1.82) is 5.26 Å². The Morgan fingerprint density at radius 2 is 1.96 bits per heavy atom. The maximum Gasteiger partial charge on any atom is 0.261 e. The zero-order valence-corrected chi connectivity index (χ0v) is 13.9. The van der Waals surface area contributed by atoms with Gasteiger partial charge in [-0.3, -0.25) is 9.20 Å². The second-order valence-corrected chi connectivity index (χ2v) is 5.61. The van der Waals surface area contributed by atoms with Crippen LogP contribution in [0.5, 0.6) is 5.75 Å². The quantitative estimate of drug-likeness (QED) is 0.772. The summed E-state index contributed by atoms with van der Waals surface area (Å²) in [7, 11) is 0. The molecule has 1 aromatic carbocycles. The van der Waals surface area contributed by atoms with Crippen LogP contribution in [0.3, 0.4) is 0 Å². The fraction of sp³-hybridized carbons (Fsp3) is 0.222. The molecule has 2 heterocycles. The number of fused-ring (bicyclic) bond motifs is 1. The Kier molecular flexibility index (Phi) is 4.61. The standard InChI is InChI=1S/C18H17N5O2/c1-12(17-22-21-16-5-3-4-10-23(16)17)20-18(24)13(2)25-15-8-6-14(11-19)7-9-15/h3-10,12-13H,1-2H3,(H,20,24). The van der Waals surface area contributed by atoms with E-state index in [1.54, 1.807) is 31.2 Å². The molecule has 25 heavy (non-hydrogen) atoms. The molecule has 0 saturated heterocycles. The number of carbonyl (C=O) groups excluding carboxylic acids is 1. The van der Waals surface area contributed by atoms with E-state index in [9.17, 15) is 4.79 Å². The number of nitrogens with zero attached hydrogens (tertiary/aromatic N) is 4. The molecule has 0 aliphatic rings. The first kappa shape index (κ1) is 16.5. The first-order chi connectivity index (χ1) is 12.1. The van der Waals surface area contributed by atoms with Crippen LogP contribution in [0.1, 0.15) is 31.3 Å². The number of nitrogens with one attached hydrogen (secondary N) is 1. The maximum atomic E-state index is 12.4. The van der Waals surface area contributed by atoms with Crippen LogP contribution in [0.4, 0.5) is 0 Å². The van der Waals surface area contributed by atoms with Gasteiger partial charge in [-0.1, -0.05) is 6.07 Å². The molecule has 3 aromatic rings. The van der Waals surface area contributed by atoms with Gasteiger partial charge in [-0.15, -0.1) is 10.2 Å². The van der Waals surface area contributed by atoms with Crippen LogP contribution in [0.2, 0.25) is 0 Å². The minimum absolute atomic E-state index is 0.260. The van der Waals surface area contributed by atoms with E-state index in [1.165, 1.54) is 0 Å². The summed E-state index contributed by atoms with van der Waals surface area (Å²) in [5.74, 6) is 0.918. The SMILES string of the molecule is CC(Oc1ccc(C#N)cc1)C(=O)NC(C)c1nnc2ccccn12. The lowest BCUT2D eigenvalue weighted by Crippen LogP contribution is -2.38. The molecule has 2 aromatic heterocycles. The number of hydrogen-bond donors (Lipinski definition) is 1. The van der Waals surface area contributed by atoms with Crippen molar-refractivity contribution >= 4 is 11.6 Å². The van der Waals surface area contributed by atoms with E-state index in [-0.39, 0.29) is 11.9 Å². The van der Waals surface area contributed by atoms with Crippen molar-refractivity contribution in [3.63, 3.8) is 0 Å². The summed E-state index contributed by atoms with van der Waals surface area (Å²) >= 11 is 0. The number of rotatable bonds is 5. The Balaban J connectivity index is 1.65. The van der Waals surface area contributed by atoms with Crippen LogP contribution in [0.25, 0.3) is 5.65 Å². The Morgan fingerprint density at radius 3 is 2.68 bits per heavy atom. The van der Waals surface area contributed by atoms with Gasteiger partial charge in [-0.2, -0.15) is 5.26 Å². The zero-order chi connectivity index (χ0) is 17.8. The average Bonchev–Trinajstić information content (AvgIpc) is 3.06. The predicted octanol–water partition coefficient (Wildman–Crippen LogP) is 2.25. The molecule has 0 aliphatic heterocycles. The minimum atomic E-state index is -0.686. The van der Waals surface area contributed by atoms with Gasteiger partial charge in [-0.05, 0) is 50.2 Å². The van der Waals surface area contributed by atoms with Gasteiger partial charge < -0.3 is 10.1 Å². The van der Waals surface area contributed by atoms with Crippen LogP contribution in [0, 0.1) is 11.3 Å². The molecule has 7 nitrogen and oxygen atoms in total. The number of carbonyl (C=O) groups is 1. The minimum Gasteiger partial charge on any atom is -0.481 e. The van der Waals surface area contributed by atoms with Crippen molar-refractivity contribution in [3.05, 3.63) is 60.0 Å². The lowest BCUT2D eigenvalue weighted by molar-refractivity contribution is -0.128. The smallest absolute Gasteiger partial charge is 0.261 e. The van der Waals surface area contributed by atoms with Crippen LogP contribution >= 0.6 is 0 Å². The van der Waals surface area contributed by atoms with Crippen LogP contribution in [-0.4, -0.2) is 26.6 Å². The number of benzene rings is 1. The van der Waals surface area contributed by atoms with E-state index in [4.69, 9.17) is 10.00 Å². The van der Waals surface area contributed by atoms with Gasteiger partial charge in [0, 0.05) is 6.20 Å². The molecule has 1 N–H and O–H groups in total. The van der Waals surface area contributed by atoms with Crippen LogP contribution in [0.15, 0.2) is 48.7 Å². The molecule has 3 rings (SSSR count). The second-order valence-electron chi connectivity index (χ2n) is 5.61. The largest absolute Gasteiger partial charge is 0.481 e. The molecule has 0 fully saturated rings. The maximum absolute atomic E-state index is 12.4. The molecule has 0 aliphatic carbocycles. The highest BCUT2D eigenvalue weighted by Crippen LogP contribution is 2.15. The summed E-state index contributed by atoms with van der Waals surface area (Å²) in [6, 6.07) is 13.9. The molecule has 0 saturated carbocycles. The summed E-state index contributed by atoms with van der Waals surface area (Å²) in [5.41, 5.74) is 1.26. The van der Waals surface area contributed by atoms with Gasteiger partial charge in [-0.25, -0.2) is 0 Å². The lowest BCUT2D eigenvalue weighted by Gasteiger charge is -2.18. The predicted molar refractivity (Wildman–Crippen MR) is 90.8 cm³/mol. The lowest BCUT2D eigenvalue weighted by atomic mass is 10.2. The highest BCUT2D eigenvalue weighted by atomic mass is 16.5. The first-order valence-corrected chi connectivity index (χ1v) is 7.85. The molecule has 0 bridgehead atoms. The third kappa shape index (κ3) is 3.58. The van der Waals surface area contributed by atoms with E-state index >= 15 is 0 Å². The highest BCUT2D eigenvalue weighted by molar-refractivity contribution is 5.81. The van der Waals surface area contributed by atoms with Crippen molar-refractivity contribution in [3.8, 4) is 11.8 Å². The fourth-order valence-corrected chi connectivity index (χ4v) is 2.42. The molecule has 7 heteroatoms. The van der Waals surface area contributed by atoms with Crippen molar-refractivity contribution in [2.45, 2.75) is 26.0 Å². The van der Waals surface area contributed by atoms with Gasteiger partial charge in [0.15, 0.2) is 17.6 Å². The summed E-state index contributed by atoms with van der Waals surface area (Å²) in [5, 5.41) is 19.9. The molecular weight excluding hydrogens is 318 g/mol. The average molecular weight is 335 g/mol. The molecule has 0 radical (unpaired) electrons. The normalized spacial score (nSPS) is 13.0. The number of pyridine rings is 1. The fourth-order valence-electron chi connectivity index (χ4n) is 2.42. The number of aromatic nitrogens is 3. The van der Waals surface area contributed by atoms with Gasteiger partial charge in [0.1, 0.15) is 5.75 Å². The summed E-state index contributed by atoms with van der Waals surface area (Å²) in [6.45, 7) is 3.51. The third-order valence-corrected chi connectivity index (χ3v) is 3.75. The number of hydrogen-bond acceptors (Lipinski definition) is 5. The Labute approximate surface area is 144 Å². The number of ether oxygens (including phenoxy) is 1. The second kappa shape index (κ2) is 7.01. The molecule has 126 valence electrons. The van der Waals surface area contributed by atoms with Crippen molar-refractivity contribution in [2.24, 2.45) is 0 Å². The van der Waals surface area contributed by atoms with Gasteiger partial charge in [0.2, 0.25) is 0 Å². The van der Waals surface area contributed by atoms with Gasteiger partial charge in [0.05, 0.1) is 17.7 Å². The van der Waals surface area contributed by atoms with E-state index in [0.29, 0.717) is 17.1 Å². The molecule has 0 spiro atoms. The Hall–Kier alpha value is -3.40. The summed E-state index contributed by atoms with van der Waals surface area (Å²) < 4.78 is 7.45. The van der Waals surface area contributed by atoms with E-state index in [0.717, 1.165) is 5.65 Å². The molecule has 2 atom stereocenters. The highest BCUT2D eigenvalue weighted by Gasteiger charge is 2.20. The van der Waals surface area contributed by atoms with Crippen LogP contribution in [-0.2, 0) is 4.79 Å². The third-order valence-electron chi connectivity index (χ3n) is 3.75. The van der Waals surface area contributed by atoms with E-state index < -0.39 is 6.10 Å². The number of amides is 1. The van der Waals surface area contributed by atoms with E-state index in [2.05, 4.69) is 15.5 Å². The van der Waals surface area contributed by atoms with E-state index in [1.807, 2.05) is 41.8 Å². The first-order valence-electron chi connectivity index (χ1n) is 7.85. The van der Waals surface area contributed by atoms with Crippen LogP contribution < -0.4 is 10.1 Å². The monoisotopic (exact) mass is 335 g/mol. The molecule has 1 amide bonds. The van der Waals surface area contributed by atoms with Crippen molar-refractivity contribution < 1.29 is 9.53 Å². The van der Waals surface area contributed by atoms with Crippen molar-refractivity contribution in [2.75, 3.05) is 0 Å². The Bertz CT molecular complexity index is 927. The molecule has 2 unspecified atom stereocenters. The summed E-state index contributed by atoms with van der Waals surface area (Å²) in [4.78, 5) is 12.4. The van der Waals surface area contributed by atoms with Crippen molar-refractivity contribution in [1.82, 2.24) is 19.9 Å². The molecular formula is C18H17N5O2. The zero-order valence-electron chi connectivity index (χ0n) is 13.9.